The number of rotatable bonds is 2. The van der Waals surface area contributed by atoms with Crippen LogP contribution in [0.5, 0.6) is 0 Å². The maximum absolute atomic E-state index is 7.86. The summed E-state index contributed by atoms with van der Waals surface area (Å²) in [4.78, 5) is 4.01. The van der Waals surface area contributed by atoms with Crippen LogP contribution in [0.3, 0.4) is 0 Å². The number of hydrogen-bond donors (Lipinski definition) is 1. The average molecular weight is 299 g/mol. The highest BCUT2D eigenvalue weighted by atomic mass is 79.9. The zero-order valence-corrected chi connectivity index (χ0v) is 10.7. The van der Waals surface area contributed by atoms with Crippen molar-refractivity contribution in [2.45, 2.75) is 6.54 Å². The standard InChI is InChI=1S/C11H9BrClN3/c12-9-2-1-5-16(11(9)14)7-8-3-4-10(13)15-6-8/h1-6,14H,7H2. The van der Waals surface area contributed by atoms with Gasteiger partial charge < -0.3 is 4.57 Å². The van der Waals surface area contributed by atoms with Gasteiger partial charge in [0.1, 0.15) is 10.6 Å². The molecule has 0 saturated carbocycles. The fourth-order valence-corrected chi connectivity index (χ4v) is 1.84. The smallest absolute Gasteiger partial charge is 0.139 e. The molecule has 0 aliphatic heterocycles. The summed E-state index contributed by atoms with van der Waals surface area (Å²) >= 11 is 9.03. The van der Waals surface area contributed by atoms with Crippen molar-refractivity contribution in [1.29, 1.82) is 5.41 Å². The van der Waals surface area contributed by atoms with Gasteiger partial charge in [0.15, 0.2) is 0 Å². The molecule has 0 radical (unpaired) electrons. The number of nitrogens with one attached hydrogen (secondary N) is 1. The highest BCUT2D eigenvalue weighted by Crippen LogP contribution is 2.07. The monoisotopic (exact) mass is 297 g/mol. The second kappa shape index (κ2) is 4.80. The molecule has 0 aliphatic rings. The minimum absolute atomic E-state index is 0.442. The van der Waals surface area contributed by atoms with E-state index in [-0.39, 0.29) is 0 Å². The molecule has 0 bridgehead atoms. The lowest BCUT2D eigenvalue weighted by Crippen LogP contribution is -2.20. The molecule has 0 atom stereocenters. The van der Waals surface area contributed by atoms with Gasteiger partial charge in [-0.05, 0) is 39.7 Å². The van der Waals surface area contributed by atoms with E-state index in [2.05, 4.69) is 20.9 Å². The third-order valence-corrected chi connectivity index (χ3v) is 3.03. The maximum atomic E-state index is 7.86. The minimum atomic E-state index is 0.442. The molecule has 0 unspecified atom stereocenters. The summed E-state index contributed by atoms with van der Waals surface area (Å²) in [5.74, 6) is 0. The molecule has 0 fully saturated rings. The normalized spacial score (nSPS) is 10.4. The first-order valence-electron chi connectivity index (χ1n) is 4.67. The zero-order chi connectivity index (χ0) is 11.5. The SMILES string of the molecule is N=c1c(Br)cccn1Cc1ccc(Cl)nc1. The first kappa shape index (κ1) is 11.4. The second-order valence-electron chi connectivity index (χ2n) is 3.32. The van der Waals surface area contributed by atoms with E-state index in [1.807, 2.05) is 29.0 Å². The van der Waals surface area contributed by atoms with Crippen LogP contribution < -0.4 is 5.49 Å². The van der Waals surface area contributed by atoms with Gasteiger partial charge in [-0.1, -0.05) is 17.7 Å². The number of halogens is 2. The van der Waals surface area contributed by atoms with Crippen LogP contribution in [0.2, 0.25) is 5.15 Å². The molecule has 2 aromatic heterocycles. The Labute approximate surface area is 106 Å². The molecule has 0 aliphatic carbocycles. The van der Waals surface area contributed by atoms with E-state index in [4.69, 9.17) is 17.0 Å². The van der Waals surface area contributed by atoms with E-state index in [9.17, 15) is 0 Å². The van der Waals surface area contributed by atoms with E-state index in [0.29, 0.717) is 17.2 Å². The van der Waals surface area contributed by atoms with Crippen molar-refractivity contribution in [2.24, 2.45) is 0 Å². The van der Waals surface area contributed by atoms with Crippen LogP contribution in [0, 0.1) is 5.41 Å². The molecule has 0 aromatic carbocycles. The Morgan fingerprint density at radius 2 is 2.19 bits per heavy atom. The third kappa shape index (κ3) is 2.51. The van der Waals surface area contributed by atoms with Gasteiger partial charge >= 0.3 is 0 Å². The van der Waals surface area contributed by atoms with Crippen molar-refractivity contribution in [3.05, 3.63) is 57.3 Å². The topological polar surface area (TPSA) is 41.7 Å². The summed E-state index contributed by atoms with van der Waals surface area (Å²) in [7, 11) is 0. The number of hydrogen-bond acceptors (Lipinski definition) is 2. The van der Waals surface area contributed by atoms with Crippen molar-refractivity contribution in [2.75, 3.05) is 0 Å². The summed E-state index contributed by atoms with van der Waals surface area (Å²) in [6, 6.07) is 7.39. The van der Waals surface area contributed by atoms with Crippen LogP contribution in [-0.4, -0.2) is 9.55 Å². The molecular formula is C11H9BrClN3. The lowest BCUT2D eigenvalue weighted by molar-refractivity contribution is 0.723. The molecular weight excluding hydrogens is 289 g/mol. The highest BCUT2D eigenvalue weighted by molar-refractivity contribution is 9.10. The Hall–Kier alpha value is -1.13. The van der Waals surface area contributed by atoms with Crippen molar-refractivity contribution in [3.63, 3.8) is 0 Å². The predicted molar refractivity (Wildman–Crippen MR) is 66.3 cm³/mol. The van der Waals surface area contributed by atoms with Crippen LogP contribution in [0.25, 0.3) is 0 Å². The molecule has 82 valence electrons. The van der Waals surface area contributed by atoms with Gasteiger partial charge in [0.05, 0.1) is 11.0 Å². The van der Waals surface area contributed by atoms with E-state index in [0.717, 1.165) is 10.0 Å². The van der Waals surface area contributed by atoms with Crippen molar-refractivity contribution in [3.8, 4) is 0 Å². The van der Waals surface area contributed by atoms with Gasteiger partial charge in [-0.3, -0.25) is 5.41 Å². The second-order valence-corrected chi connectivity index (χ2v) is 4.56. The van der Waals surface area contributed by atoms with Crippen LogP contribution >= 0.6 is 27.5 Å². The highest BCUT2D eigenvalue weighted by Gasteiger charge is 1.99. The number of pyridine rings is 2. The molecule has 16 heavy (non-hydrogen) atoms. The van der Waals surface area contributed by atoms with E-state index >= 15 is 0 Å². The van der Waals surface area contributed by atoms with Crippen LogP contribution in [0.1, 0.15) is 5.56 Å². The van der Waals surface area contributed by atoms with Crippen molar-refractivity contribution < 1.29 is 0 Å². The zero-order valence-electron chi connectivity index (χ0n) is 8.32. The van der Waals surface area contributed by atoms with Crippen molar-refractivity contribution in [1.82, 2.24) is 9.55 Å². The number of nitrogens with zero attached hydrogens (tertiary/aromatic N) is 2. The van der Waals surface area contributed by atoms with Gasteiger partial charge in [0.2, 0.25) is 0 Å². The summed E-state index contributed by atoms with van der Waals surface area (Å²) in [5.41, 5.74) is 1.46. The van der Waals surface area contributed by atoms with Gasteiger partial charge in [0, 0.05) is 12.4 Å². The molecule has 0 amide bonds. The molecule has 2 heterocycles. The van der Waals surface area contributed by atoms with E-state index in [1.54, 1.807) is 12.3 Å². The molecule has 0 saturated heterocycles. The van der Waals surface area contributed by atoms with E-state index < -0.39 is 0 Å². The molecule has 1 N–H and O–H groups in total. The summed E-state index contributed by atoms with van der Waals surface area (Å²) in [6.45, 7) is 0.614. The largest absolute Gasteiger partial charge is 0.328 e. The Balaban J connectivity index is 2.31. The molecule has 2 aromatic rings. The summed E-state index contributed by atoms with van der Waals surface area (Å²) in [5, 5.41) is 8.34. The quantitative estimate of drug-likeness (QED) is 0.851. The van der Waals surface area contributed by atoms with Crippen molar-refractivity contribution >= 4 is 27.5 Å². The predicted octanol–water partition coefficient (Wildman–Crippen LogP) is 2.83. The van der Waals surface area contributed by atoms with Gasteiger partial charge in [0.25, 0.3) is 0 Å². The fraction of sp³-hybridized carbons (Fsp3) is 0.0909. The fourth-order valence-electron chi connectivity index (χ4n) is 1.35. The molecule has 5 heteroatoms. The molecule has 3 nitrogen and oxygen atoms in total. The lowest BCUT2D eigenvalue weighted by atomic mass is 10.3. The van der Waals surface area contributed by atoms with Crippen LogP contribution in [0.15, 0.2) is 41.1 Å². The van der Waals surface area contributed by atoms with Crippen LogP contribution in [0.4, 0.5) is 0 Å². The summed E-state index contributed by atoms with van der Waals surface area (Å²) in [6.07, 6.45) is 3.58. The molecule has 0 spiro atoms. The Morgan fingerprint density at radius 1 is 1.38 bits per heavy atom. The van der Waals surface area contributed by atoms with Crippen LogP contribution in [-0.2, 0) is 6.54 Å². The van der Waals surface area contributed by atoms with Gasteiger partial charge in [-0.2, -0.15) is 0 Å². The van der Waals surface area contributed by atoms with E-state index in [1.165, 1.54) is 0 Å². The Morgan fingerprint density at radius 3 is 2.88 bits per heavy atom. The number of aromatic nitrogens is 2. The molecule has 2 rings (SSSR count). The maximum Gasteiger partial charge on any atom is 0.139 e. The Kier molecular flexibility index (Phi) is 3.41. The third-order valence-electron chi connectivity index (χ3n) is 2.16. The lowest BCUT2D eigenvalue weighted by Gasteiger charge is -2.07. The first-order valence-corrected chi connectivity index (χ1v) is 5.84. The summed E-state index contributed by atoms with van der Waals surface area (Å²) < 4.78 is 2.60. The van der Waals surface area contributed by atoms with Gasteiger partial charge in [-0.25, -0.2) is 4.98 Å². The van der Waals surface area contributed by atoms with Gasteiger partial charge in [-0.15, -0.1) is 0 Å². The minimum Gasteiger partial charge on any atom is -0.328 e. The Bertz CT molecular complexity index is 548. The first-order chi connectivity index (χ1) is 7.66. The average Bonchev–Trinajstić information content (AvgIpc) is 2.28.